The molecule has 2 N–H and O–H groups in total. The molecule has 0 aromatic carbocycles. The van der Waals surface area contributed by atoms with Crippen molar-refractivity contribution in [1.82, 2.24) is 0 Å². The number of allylic oxidation sites excluding steroid dienone is 1. The van der Waals surface area contributed by atoms with Gasteiger partial charge in [-0.15, -0.1) is 11.3 Å². The number of anilines is 1. The van der Waals surface area contributed by atoms with Crippen molar-refractivity contribution in [2.24, 2.45) is 17.8 Å². The third-order valence-corrected chi connectivity index (χ3v) is 9.38. The van der Waals surface area contributed by atoms with Crippen molar-refractivity contribution < 1.29 is 24.5 Å². The van der Waals surface area contributed by atoms with Crippen molar-refractivity contribution in [1.29, 1.82) is 0 Å². The molecule has 1 saturated heterocycles. The molecule has 182 valence electrons. The molecule has 1 aromatic rings. The molecule has 3 unspecified atom stereocenters. The van der Waals surface area contributed by atoms with Crippen LogP contribution in [0.4, 0.5) is 5.69 Å². The maximum Gasteiger partial charge on any atom is 0.348 e. The smallest absolute Gasteiger partial charge is 0.348 e. The lowest BCUT2D eigenvalue weighted by Gasteiger charge is -2.33. The van der Waals surface area contributed by atoms with E-state index in [9.17, 15) is 15.0 Å². The minimum atomic E-state index is -0.854. The number of rotatable bonds is 7. The summed E-state index contributed by atoms with van der Waals surface area (Å²) in [6.45, 7) is 6.38. The summed E-state index contributed by atoms with van der Waals surface area (Å²) >= 11 is 1.40. The minimum absolute atomic E-state index is 0.225. The van der Waals surface area contributed by atoms with E-state index >= 15 is 0 Å². The number of ether oxygens (including phenoxy) is 2. The first-order valence-corrected chi connectivity index (χ1v) is 13.5. The minimum Gasteiger partial charge on any atom is -0.477 e. The number of hydrogen-bond donors (Lipinski definition) is 2. The number of aliphatic hydroxyl groups is 1. The van der Waals surface area contributed by atoms with Crippen molar-refractivity contribution in [3.63, 3.8) is 0 Å². The summed E-state index contributed by atoms with van der Waals surface area (Å²) in [4.78, 5) is 16.1. The van der Waals surface area contributed by atoms with E-state index in [1.807, 2.05) is 6.92 Å². The summed E-state index contributed by atoms with van der Waals surface area (Å²) in [7, 11) is 0. The average Bonchev–Trinajstić information content (AvgIpc) is 3.26. The van der Waals surface area contributed by atoms with Crippen molar-refractivity contribution >= 4 is 28.6 Å². The van der Waals surface area contributed by atoms with Gasteiger partial charge in [-0.25, -0.2) is 4.79 Å². The Hall–Kier alpha value is -1.41. The van der Waals surface area contributed by atoms with Crippen molar-refractivity contribution in [2.75, 3.05) is 24.7 Å². The van der Waals surface area contributed by atoms with E-state index in [1.165, 1.54) is 42.6 Å². The number of aliphatic hydroxyl groups excluding tert-OH is 1. The molecule has 0 bridgehead atoms. The van der Waals surface area contributed by atoms with Crippen LogP contribution in [-0.4, -0.2) is 53.9 Å². The zero-order valence-corrected chi connectivity index (χ0v) is 20.6. The fourth-order valence-electron chi connectivity index (χ4n) is 5.98. The Bertz CT molecular complexity index is 894. The van der Waals surface area contributed by atoms with E-state index in [0.29, 0.717) is 30.4 Å². The fraction of sp³-hybridized carbons (Fsp3) is 0.731. The lowest BCUT2D eigenvalue weighted by Crippen LogP contribution is -2.35. The Balaban J connectivity index is 1.41. The zero-order chi connectivity index (χ0) is 23.2. The predicted octanol–water partition coefficient (Wildman–Crippen LogP) is 5.16. The highest BCUT2D eigenvalue weighted by Gasteiger charge is 2.46. The van der Waals surface area contributed by atoms with Crippen LogP contribution in [0.1, 0.15) is 79.8 Å². The van der Waals surface area contributed by atoms with Crippen LogP contribution in [0.15, 0.2) is 12.1 Å². The molecule has 0 radical (unpaired) electrons. The average molecular weight is 476 g/mol. The second-order valence-electron chi connectivity index (χ2n) is 10.7. The molecule has 3 fully saturated rings. The second-order valence-corrected chi connectivity index (χ2v) is 11.7. The van der Waals surface area contributed by atoms with E-state index in [2.05, 4.69) is 24.0 Å². The molecule has 33 heavy (non-hydrogen) atoms. The van der Waals surface area contributed by atoms with Gasteiger partial charge in [0.2, 0.25) is 0 Å². The van der Waals surface area contributed by atoms with Crippen LogP contribution in [0.3, 0.4) is 0 Å². The number of aromatic carboxylic acids is 1. The van der Waals surface area contributed by atoms with E-state index in [4.69, 9.17) is 9.47 Å². The highest BCUT2D eigenvalue weighted by molar-refractivity contribution is 7.15. The summed E-state index contributed by atoms with van der Waals surface area (Å²) in [5.74, 6) is 0.280. The number of carboxylic acids is 1. The molecule has 5 rings (SSSR count). The first-order chi connectivity index (χ1) is 15.8. The number of thiophene rings is 1. The molecular formula is C26H37NO5S. The summed E-state index contributed by atoms with van der Waals surface area (Å²) < 4.78 is 11.7. The summed E-state index contributed by atoms with van der Waals surface area (Å²) in [5.41, 5.74) is 2.05. The van der Waals surface area contributed by atoms with Gasteiger partial charge in [-0.2, -0.15) is 0 Å². The largest absolute Gasteiger partial charge is 0.477 e. The zero-order valence-electron chi connectivity index (χ0n) is 19.8. The SMILES string of the molecule is CC1CCC(CN(c2cc(C3=CCC4(CC3)OCCO4)sc2C(=O)O)C2CC2C(C)O)CC1. The van der Waals surface area contributed by atoms with Crippen LogP contribution in [0.5, 0.6) is 0 Å². The highest BCUT2D eigenvalue weighted by atomic mass is 32.1. The maximum atomic E-state index is 12.3. The van der Waals surface area contributed by atoms with E-state index < -0.39 is 11.8 Å². The fourth-order valence-corrected chi connectivity index (χ4v) is 7.05. The van der Waals surface area contributed by atoms with Crippen LogP contribution in [0.25, 0.3) is 5.57 Å². The van der Waals surface area contributed by atoms with Crippen LogP contribution >= 0.6 is 11.3 Å². The normalized spacial score (nSPS) is 31.9. The lowest BCUT2D eigenvalue weighted by molar-refractivity contribution is -0.159. The molecule has 1 aliphatic heterocycles. The van der Waals surface area contributed by atoms with Crippen LogP contribution < -0.4 is 4.90 Å². The molecule has 2 saturated carbocycles. The van der Waals surface area contributed by atoms with Gasteiger partial charge in [0.1, 0.15) is 4.88 Å². The van der Waals surface area contributed by atoms with Gasteiger partial charge in [0.05, 0.1) is 25.0 Å². The molecule has 6 nitrogen and oxygen atoms in total. The molecule has 1 spiro atoms. The molecule has 2 heterocycles. The molecular weight excluding hydrogens is 438 g/mol. The van der Waals surface area contributed by atoms with Crippen molar-refractivity contribution in [3.05, 3.63) is 21.9 Å². The summed E-state index contributed by atoms with van der Waals surface area (Å²) in [6.07, 6.45) is 10.0. The Kier molecular flexibility index (Phi) is 6.60. The second kappa shape index (κ2) is 9.33. The summed E-state index contributed by atoms with van der Waals surface area (Å²) in [5, 5.41) is 20.3. The topological polar surface area (TPSA) is 79.2 Å². The molecule has 3 aliphatic carbocycles. The van der Waals surface area contributed by atoms with Crippen LogP contribution in [-0.2, 0) is 9.47 Å². The quantitative estimate of drug-likeness (QED) is 0.567. The van der Waals surface area contributed by atoms with Gasteiger partial charge in [-0.05, 0) is 56.1 Å². The van der Waals surface area contributed by atoms with Crippen LogP contribution in [0, 0.1) is 17.8 Å². The van der Waals surface area contributed by atoms with Crippen molar-refractivity contribution in [3.8, 4) is 0 Å². The Morgan fingerprint density at radius 3 is 2.58 bits per heavy atom. The van der Waals surface area contributed by atoms with Gasteiger partial charge in [0.15, 0.2) is 5.79 Å². The number of hydrogen-bond acceptors (Lipinski definition) is 6. The first-order valence-electron chi connectivity index (χ1n) is 12.6. The Morgan fingerprint density at radius 1 is 1.27 bits per heavy atom. The third kappa shape index (κ3) is 4.88. The molecule has 0 amide bonds. The molecule has 3 atom stereocenters. The Morgan fingerprint density at radius 2 is 2.00 bits per heavy atom. The monoisotopic (exact) mass is 475 g/mol. The predicted molar refractivity (Wildman–Crippen MR) is 130 cm³/mol. The number of nitrogens with zero attached hydrogens (tertiary/aromatic N) is 1. The number of carbonyl (C=O) groups is 1. The molecule has 4 aliphatic rings. The van der Waals surface area contributed by atoms with E-state index in [1.54, 1.807) is 0 Å². The van der Waals surface area contributed by atoms with Gasteiger partial charge in [-0.3, -0.25) is 0 Å². The third-order valence-electron chi connectivity index (χ3n) is 8.20. The van der Waals surface area contributed by atoms with Crippen LogP contribution in [0.2, 0.25) is 0 Å². The molecule has 7 heteroatoms. The van der Waals surface area contributed by atoms with Crippen molar-refractivity contribution in [2.45, 2.75) is 83.1 Å². The Labute approximate surface area is 200 Å². The van der Waals surface area contributed by atoms with E-state index in [0.717, 1.165) is 42.3 Å². The maximum absolute atomic E-state index is 12.3. The molecule has 1 aromatic heterocycles. The summed E-state index contributed by atoms with van der Waals surface area (Å²) in [6, 6.07) is 2.34. The van der Waals surface area contributed by atoms with Gasteiger partial charge < -0.3 is 24.6 Å². The van der Waals surface area contributed by atoms with Gasteiger partial charge in [0, 0.05) is 36.2 Å². The van der Waals surface area contributed by atoms with Gasteiger partial charge in [0.25, 0.3) is 0 Å². The van der Waals surface area contributed by atoms with E-state index in [-0.39, 0.29) is 18.1 Å². The number of carboxylic acid groups (broad SMARTS) is 1. The standard InChI is InChI=1S/C26H37NO5S/c1-16-3-5-18(6-4-16)15-27(21-13-20(21)17(2)28)22-14-23(33-24(22)25(29)30)19-7-9-26(10-8-19)31-11-12-32-26/h7,14,16-18,20-21,28H,3-6,8-13,15H2,1-2H3,(H,29,30). The van der Waals surface area contributed by atoms with Gasteiger partial charge in [-0.1, -0.05) is 25.8 Å². The van der Waals surface area contributed by atoms with Gasteiger partial charge >= 0.3 is 5.97 Å². The highest BCUT2D eigenvalue weighted by Crippen LogP contribution is 2.47. The first kappa shape index (κ1) is 23.3. The lowest BCUT2D eigenvalue weighted by atomic mass is 9.82.